The first kappa shape index (κ1) is 16.9. The van der Waals surface area contributed by atoms with Gasteiger partial charge in [-0.3, -0.25) is 4.68 Å². The van der Waals surface area contributed by atoms with Crippen LogP contribution < -0.4 is 5.73 Å². The number of aliphatic hydroxyl groups is 1. The van der Waals surface area contributed by atoms with Crippen LogP contribution in [0.25, 0.3) is 11.3 Å². The Morgan fingerprint density at radius 2 is 1.79 bits per heavy atom. The molecule has 2 aromatic heterocycles. The molecule has 0 amide bonds. The Balaban J connectivity index is 2.09. The van der Waals surface area contributed by atoms with E-state index in [-0.39, 0.29) is 15.9 Å². The van der Waals surface area contributed by atoms with Crippen molar-refractivity contribution < 1.29 is 5.11 Å². The van der Waals surface area contributed by atoms with Crippen molar-refractivity contribution in [3.63, 3.8) is 0 Å². The van der Waals surface area contributed by atoms with E-state index in [1.54, 1.807) is 17.9 Å². The maximum absolute atomic E-state index is 10.8. The molecule has 0 saturated carbocycles. The van der Waals surface area contributed by atoms with Crippen LogP contribution >= 0.6 is 23.2 Å². The zero-order valence-electron chi connectivity index (χ0n) is 12.8. The van der Waals surface area contributed by atoms with Gasteiger partial charge in [0.25, 0.3) is 0 Å². The largest absolute Gasteiger partial charge is 0.383 e. The molecule has 1 atom stereocenters. The van der Waals surface area contributed by atoms with E-state index in [0.717, 1.165) is 16.8 Å². The highest BCUT2D eigenvalue weighted by Gasteiger charge is 2.25. The first-order valence-corrected chi connectivity index (χ1v) is 7.93. The molecule has 0 bridgehead atoms. The number of rotatable bonds is 4. The molecule has 0 fully saturated rings. The summed E-state index contributed by atoms with van der Waals surface area (Å²) in [6.45, 7) is 0.466. The van der Waals surface area contributed by atoms with E-state index in [2.05, 4.69) is 15.1 Å². The second-order valence-electron chi connectivity index (χ2n) is 5.24. The van der Waals surface area contributed by atoms with E-state index >= 15 is 0 Å². The molecule has 0 aliphatic heterocycles. The van der Waals surface area contributed by atoms with Crippen LogP contribution in [0, 0.1) is 0 Å². The lowest BCUT2D eigenvalue weighted by Crippen LogP contribution is -2.06. The third-order valence-corrected chi connectivity index (χ3v) is 4.39. The fraction of sp³-hybridized carbons (Fsp3) is 0.188. The van der Waals surface area contributed by atoms with Crippen LogP contribution in [0.3, 0.4) is 0 Å². The monoisotopic (exact) mass is 363 g/mol. The summed E-state index contributed by atoms with van der Waals surface area (Å²) in [7, 11) is 1.80. The van der Waals surface area contributed by atoms with Gasteiger partial charge in [-0.1, -0.05) is 47.5 Å². The summed E-state index contributed by atoms with van der Waals surface area (Å²) >= 11 is 12.2. The molecule has 6 nitrogen and oxygen atoms in total. The summed E-state index contributed by atoms with van der Waals surface area (Å²) in [5, 5.41) is 15.2. The fourth-order valence-electron chi connectivity index (χ4n) is 2.54. The highest BCUT2D eigenvalue weighted by molar-refractivity contribution is 6.34. The minimum atomic E-state index is -1.09. The smallest absolute Gasteiger partial charge is 0.140 e. The minimum Gasteiger partial charge on any atom is -0.383 e. The zero-order chi connectivity index (χ0) is 17.3. The van der Waals surface area contributed by atoms with Crippen LogP contribution in [0.4, 0.5) is 0 Å². The van der Waals surface area contributed by atoms with Gasteiger partial charge in [0.2, 0.25) is 0 Å². The number of aryl methyl sites for hydroxylation is 1. The number of hydrogen-bond donors (Lipinski definition) is 2. The van der Waals surface area contributed by atoms with Crippen molar-refractivity contribution in [2.24, 2.45) is 12.8 Å². The first-order valence-electron chi connectivity index (χ1n) is 7.18. The van der Waals surface area contributed by atoms with Crippen LogP contribution in [-0.2, 0) is 13.6 Å². The third-order valence-electron chi connectivity index (χ3n) is 3.78. The average Bonchev–Trinajstić information content (AvgIpc) is 2.96. The second kappa shape index (κ2) is 6.86. The van der Waals surface area contributed by atoms with Crippen molar-refractivity contribution in [3.05, 3.63) is 63.8 Å². The molecule has 1 unspecified atom stereocenters. The van der Waals surface area contributed by atoms with Crippen molar-refractivity contribution in [2.45, 2.75) is 12.6 Å². The molecule has 2 heterocycles. The molecule has 1 aromatic carbocycles. The summed E-state index contributed by atoms with van der Waals surface area (Å²) < 4.78 is 1.68. The normalized spacial score (nSPS) is 12.4. The van der Waals surface area contributed by atoms with Gasteiger partial charge in [-0.05, 0) is 5.56 Å². The van der Waals surface area contributed by atoms with Gasteiger partial charge >= 0.3 is 0 Å². The predicted molar refractivity (Wildman–Crippen MR) is 92.6 cm³/mol. The summed E-state index contributed by atoms with van der Waals surface area (Å²) in [4.78, 5) is 7.77. The van der Waals surface area contributed by atoms with Crippen LogP contribution in [0.1, 0.15) is 22.8 Å². The molecule has 0 saturated heterocycles. The summed E-state index contributed by atoms with van der Waals surface area (Å²) in [5.74, 6) is 0. The van der Waals surface area contributed by atoms with Gasteiger partial charge in [0.15, 0.2) is 0 Å². The van der Waals surface area contributed by atoms with Crippen LogP contribution in [-0.4, -0.2) is 24.9 Å². The molecular weight excluding hydrogens is 349 g/mol. The molecule has 3 N–H and O–H groups in total. The van der Waals surface area contributed by atoms with Gasteiger partial charge in [-0.2, -0.15) is 5.10 Å². The third kappa shape index (κ3) is 3.01. The van der Waals surface area contributed by atoms with Gasteiger partial charge in [0.1, 0.15) is 22.7 Å². The molecular formula is C16H15Cl2N5O. The van der Waals surface area contributed by atoms with Crippen molar-refractivity contribution in [2.75, 3.05) is 0 Å². The molecule has 8 heteroatoms. The lowest BCUT2D eigenvalue weighted by Gasteiger charge is -2.14. The maximum Gasteiger partial charge on any atom is 0.140 e. The van der Waals surface area contributed by atoms with E-state index in [1.165, 1.54) is 6.33 Å². The minimum absolute atomic E-state index is 0.107. The van der Waals surface area contributed by atoms with E-state index in [1.807, 2.05) is 24.3 Å². The van der Waals surface area contributed by atoms with Crippen molar-refractivity contribution in [1.82, 2.24) is 19.7 Å². The molecule has 124 valence electrons. The van der Waals surface area contributed by atoms with E-state index < -0.39 is 6.10 Å². The van der Waals surface area contributed by atoms with E-state index in [4.69, 9.17) is 28.9 Å². The Hall–Kier alpha value is -1.99. The van der Waals surface area contributed by atoms with Crippen molar-refractivity contribution in [1.29, 1.82) is 0 Å². The lowest BCUT2D eigenvalue weighted by molar-refractivity contribution is 0.220. The molecule has 24 heavy (non-hydrogen) atoms. The molecule has 0 spiro atoms. The first-order chi connectivity index (χ1) is 11.5. The summed E-state index contributed by atoms with van der Waals surface area (Å²) in [5.41, 5.74) is 9.12. The lowest BCUT2D eigenvalue weighted by atomic mass is 9.99. The van der Waals surface area contributed by atoms with Gasteiger partial charge in [0.05, 0.1) is 17.5 Å². The molecule has 0 radical (unpaired) electrons. The SMILES string of the molecule is Cn1ncc(C(O)c2c(Cl)ncnc2Cl)c1-c1ccc(CN)cc1. The Labute approximate surface area is 148 Å². The number of nitrogens with zero attached hydrogens (tertiary/aromatic N) is 4. The topological polar surface area (TPSA) is 89.8 Å². The quantitative estimate of drug-likeness (QED) is 0.695. The van der Waals surface area contributed by atoms with Gasteiger partial charge in [-0.15, -0.1) is 0 Å². The Kier molecular flexibility index (Phi) is 4.82. The van der Waals surface area contributed by atoms with Crippen molar-refractivity contribution >= 4 is 23.2 Å². The van der Waals surface area contributed by atoms with Crippen LogP contribution in [0.2, 0.25) is 10.3 Å². The van der Waals surface area contributed by atoms with Crippen LogP contribution in [0.5, 0.6) is 0 Å². The number of halogens is 2. The number of nitrogens with two attached hydrogens (primary N) is 1. The predicted octanol–water partition coefficient (Wildman–Crippen LogP) is 2.72. The number of benzene rings is 1. The number of hydrogen-bond acceptors (Lipinski definition) is 5. The van der Waals surface area contributed by atoms with Gasteiger partial charge in [0, 0.05) is 24.7 Å². The standard InChI is InChI=1S/C16H15Cl2N5O/c1-23-13(10-4-2-9(6-19)3-5-10)11(7-22-23)14(24)12-15(17)20-8-21-16(12)18/h2-5,7-8,14,24H,6,19H2,1H3. The molecule has 0 aliphatic carbocycles. The molecule has 0 aliphatic rings. The van der Waals surface area contributed by atoms with Gasteiger partial charge < -0.3 is 10.8 Å². The Bertz CT molecular complexity index is 843. The fourth-order valence-corrected chi connectivity index (χ4v) is 3.06. The Morgan fingerprint density at radius 1 is 1.17 bits per heavy atom. The maximum atomic E-state index is 10.8. The highest BCUT2D eigenvalue weighted by Crippen LogP contribution is 2.36. The second-order valence-corrected chi connectivity index (χ2v) is 5.96. The zero-order valence-corrected chi connectivity index (χ0v) is 14.3. The van der Waals surface area contributed by atoms with Crippen LogP contribution in [0.15, 0.2) is 36.8 Å². The molecule has 3 rings (SSSR count). The Morgan fingerprint density at radius 3 is 2.38 bits per heavy atom. The summed E-state index contributed by atoms with van der Waals surface area (Å²) in [6.07, 6.45) is 1.73. The average molecular weight is 364 g/mol. The molecule has 3 aromatic rings. The highest BCUT2D eigenvalue weighted by atomic mass is 35.5. The van der Waals surface area contributed by atoms with Gasteiger partial charge in [-0.25, -0.2) is 9.97 Å². The number of aromatic nitrogens is 4. The van der Waals surface area contributed by atoms with Crippen molar-refractivity contribution in [3.8, 4) is 11.3 Å². The number of aliphatic hydroxyl groups excluding tert-OH is 1. The summed E-state index contributed by atoms with van der Waals surface area (Å²) in [6, 6.07) is 7.73. The van der Waals surface area contributed by atoms with E-state index in [0.29, 0.717) is 12.1 Å². The van der Waals surface area contributed by atoms with E-state index in [9.17, 15) is 5.11 Å².